The summed E-state index contributed by atoms with van der Waals surface area (Å²) in [7, 11) is 1.81. The molecule has 1 aromatic rings. The average molecular weight is 182 g/mol. The van der Waals surface area contributed by atoms with Gasteiger partial charge in [-0.2, -0.15) is 0 Å². The van der Waals surface area contributed by atoms with Crippen molar-refractivity contribution >= 4 is 5.95 Å². The van der Waals surface area contributed by atoms with Gasteiger partial charge in [0.25, 0.3) is 0 Å². The minimum absolute atomic E-state index is 0.324. The van der Waals surface area contributed by atoms with E-state index in [1.54, 1.807) is 4.68 Å². The van der Waals surface area contributed by atoms with Crippen LogP contribution in [0.25, 0.3) is 0 Å². The minimum atomic E-state index is 0.324. The lowest BCUT2D eigenvalue weighted by Crippen LogP contribution is -2.32. The van der Waals surface area contributed by atoms with Gasteiger partial charge in [0.15, 0.2) is 0 Å². The number of anilines is 1. The molecular weight excluding hydrogens is 168 g/mol. The van der Waals surface area contributed by atoms with Gasteiger partial charge in [0, 0.05) is 19.6 Å². The molecule has 1 unspecified atom stereocenters. The van der Waals surface area contributed by atoms with Crippen molar-refractivity contribution in [2.45, 2.75) is 18.9 Å². The minimum Gasteiger partial charge on any atom is -0.349 e. The summed E-state index contributed by atoms with van der Waals surface area (Å²) in [4.78, 5) is 0. The molecule has 0 radical (unpaired) electrons. The first kappa shape index (κ1) is 8.43. The molecule has 2 rings (SSSR count). The lowest BCUT2D eigenvalue weighted by atomic mass is 10.2. The molecule has 0 saturated heterocycles. The molecule has 0 amide bonds. The second-order valence-corrected chi connectivity index (χ2v) is 3.45. The highest BCUT2D eigenvalue weighted by Crippen LogP contribution is 2.33. The van der Waals surface area contributed by atoms with Crippen molar-refractivity contribution in [3.8, 4) is 0 Å². The Balaban J connectivity index is 1.99. The molecule has 6 nitrogen and oxygen atoms in total. The smallest absolute Gasteiger partial charge is 0.242 e. The fourth-order valence-corrected chi connectivity index (χ4v) is 1.39. The van der Waals surface area contributed by atoms with Crippen LogP contribution in [-0.2, 0) is 7.05 Å². The summed E-state index contributed by atoms with van der Waals surface area (Å²) in [6.45, 7) is 0.636. The van der Waals surface area contributed by atoms with Crippen LogP contribution < -0.4 is 11.1 Å². The third-order valence-electron chi connectivity index (χ3n) is 2.38. The molecule has 13 heavy (non-hydrogen) atoms. The molecular formula is C7H14N6. The number of rotatable bonds is 4. The number of nitrogens with two attached hydrogens (primary N) is 1. The topological polar surface area (TPSA) is 81.7 Å². The van der Waals surface area contributed by atoms with Gasteiger partial charge < -0.3 is 11.1 Å². The van der Waals surface area contributed by atoms with Gasteiger partial charge in [-0.3, -0.25) is 0 Å². The van der Waals surface area contributed by atoms with E-state index in [0.717, 1.165) is 0 Å². The monoisotopic (exact) mass is 182 g/mol. The number of aryl methyl sites for hydroxylation is 1. The van der Waals surface area contributed by atoms with Gasteiger partial charge in [0.05, 0.1) is 0 Å². The molecule has 0 bridgehead atoms. The number of tetrazole rings is 1. The first-order chi connectivity index (χ1) is 6.31. The van der Waals surface area contributed by atoms with Crippen molar-refractivity contribution in [2.24, 2.45) is 18.7 Å². The van der Waals surface area contributed by atoms with E-state index < -0.39 is 0 Å². The number of hydrogen-bond donors (Lipinski definition) is 2. The van der Waals surface area contributed by atoms with Crippen LogP contribution in [0.5, 0.6) is 0 Å². The zero-order valence-corrected chi connectivity index (χ0v) is 7.64. The molecule has 6 heteroatoms. The lowest BCUT2D eigenvalue weighted by molar-refractivity contribution is 0.627. The molecule has 1 heterocycles. The van der Waals surface area contributed by atoms with Crippen molar-refractivity contribution in [1.82, 2.24) is 20.2 Å². The van der Waals surface area contributed by atoms with Crippen LogP contribution in [0.4, 0.5) is 5.95 Å². The lowest BCUT2D eigenvalue weighted by Gasteiger charge is -2.14. The standard InChI is InChI=1S/C7H14N6/c1-13-7(10-11-12-13)9-6(4-8)5-2-3-5/h5-6H,2-4,8H2,1H3,(H,9,10,12). The normalized spacial score (nSPS) is 18.6. The Hall–Kier alpha value is -1.17. The Morgan fingerprint density at radius 1 is 1.69 bits per heavy atom. The molecule has 1 saturated carbocycles. The zero-order valence-electron chi connectivity index (χ0n) is 7.64. The van der Waals surface area contributed by atoms with Gasteiger partial charge in [0.1, 0.15) is 0 Å². The third-order valence-corrected chi connectivity index (χ3v) is 2.38. The maximum Gasteiger partial charge on any atom is 0.242 e. The number of nitrogens with one attached hydrogen (secondary N) is 1. The SMILES string of the molecule is Cn1nnnc1NC(CN)C1CC1. The fourth-order valence-electron chi connectivity index (χ4n) is 1.39. The molecule has 1 aliphatic rings. The van der Waals surface area contributed by atoms with Crippen LogP contribution in [0.15, 0.2) is 0 Å². The molecule has 1 aromatic heterocycles. The first-order valence-electron chi connectivity index (χ1n) is 4.50. The van der Waals surface area contributed by atoms with E-state index in [4.69, 9.17) is 5.73 Å². The maximum absolute atomic E-state index is 5.64. The Morgan fingerprint density at radius 2 is 2.46 bits per heavy atom. The second-order valence-electron chi connectivity index (χ2n) is 3.45. The van der Waals surface area contributed by atoms with E-state index in [0.29, 0.717) is 24.5 Å². The molecule has 0 aromatic carbocycles. The number of nitrogens with zero attached hydrogens (tertiary/aromatic N) is 4. The van der Waals surface area contributed by atoms with Gasteiger partial charge in [-0.15, -0.1) is 0 Å². The Morgan fingerprint density at radius 3 is 2.92 bits per heavy atom. The molecule has 0 aliphatic heterocycles. The van der Waals surface area contributed by atoms with E-state index in [-0.39, 0.29) is 0 Å². The summed E-state index contributed by atoms with van der Waals surface area (Å²) >= 11 is 0. The summed E-state index contributed by atoms with van der Waals surface area (Å²) < 4.78 is 1.62. The molecule has 72 valence electrons. The van der Waals surface area contributed by atoms with Crippen LogP contribution in [0.3, 0.4) is 0 Å². The summed E-state index contributed by atoms with van der Waals surface area (Å²) in [6.07, 6.45) is 2.53. The first-order valence-corrected chi connectivity index (χ1v) is 4.50. The van der Waals surface area contributed by atoms with Crippen molar-refractivity contribution in [1.29, 1.82) is 0 Å². The molecule has 1 fully saturated rings. The highest BCUT2D eigenvalue weighted by molar-refractivity contribution is 5.24. The van der Waals surface area contributed by atoms with Gasteiger partial charge in [-0.05, 0) is 29.2 Å². The maximum atomic E-state index is 5.64. The van der Waals surface area contributed by atoms with E-state index in [9.17, 15) is 0 Å². The summed E-state index contributed by atoms with van der Waals surface area (Å²) in [5, 5.41) is 14.4. The summed E-state index contributed by atoms with van der Waals surface area (Å²) in [5.41, 5.74) is 5.64. The second kappa shape index (κ2) is 3.29. The van der Waals surface area contributed by atoms with Gasteiger partial charge in [0.2, 0.25) is 5.95 Å². The highest BCUT2D eigenvalue weighted by Gasteiger charge is 2.30. The van der Waals surface area contributed by atoms with E-state index in [2.05, 4.69) is 20.8 Å². The molecule has 0 spiro atoms. The van der Waals surface area contributed by atoms with Crippen LogP contribution in [-0.4, -0.2) is 32.8 Å². The summed E-state index contributed by atoms with van der Waals surface area (Å²) in [5.74, 6) is 1.41. The van der Waals surface area contributed by atoms with Crippen molar-refractivity contribution in [3.05, 3.63) is 0 Å². The third kappa shape index (κ3) is 1.77. The van der Waals surface area contributed by atoms with Crippen molar-refractivity contribution < 1.29 is 0 Å². The van der Waals surface area contributed by atoms with Crippen LogP contribution in [0.2, 0.25) is 0 Å². The van der Waals surface area contributed by atoms with Crippen molar-refractivity contribution in [3.63, 3.8) is 0 Å². The zero-order chi connectivity index (χ0) is 9.26. The van der Waals surface area contributed by atoms with E-state index in [1.165, 1.54) is 12.8 Å². The largest absolute Gasteiger partial charge is 0.349 e. The quantitative estimate of drug-likeness (QED) is 0.647. The Bertz CT molecular complexity index is 278. The van der Waals surface area contributed by atoms with E-state index >= 15 is 0 Å². The van der Waals surface area contributed by atoms with E-state index in [1.807, 2.05) is 7.05 Å². The number of aromatic nitrogens is 4. The van der Waals surface area contributed by atoms with Crippen LogP contribution in [0, 0.1) is 5.92 Å². The van der Waals surface area contributed by atoms with Gasteiger partial charge in [-0.25, -0.2) is 4.68 Å². The Labute approximate surface area is 76.5 Å². The fraction of sp³-hybridized carbons (Fsp3) is 0.857. The number of hydrogen-bond acceptors (Lipinski definition) is 5. The Kier molecular flexibility index (Phi) is 2.13. The van der Waals surface area contributed by atoms with Gasteiger partial charge in [-0.1, -0.05) is 5.10 Å². The van der Waals surface area contributed by atoms with Crippen molar-refractivity contribution in [2.75, 3.05) is 11.9 Å². The molecule has 1 aliphatic carbocycles. The van der Waals surface area contributed by atoms with Crippen LogP contribution in [0.1, 0.15) is 12.8 Å². The highest BCUT2D eigenvalue weighted by atomic mass is 15.6. The summed E-state index contributed by atoms with van der Waals surface area (Å²) in [6, 6.07) is 0.324. The average Bonchev–Trinajstić information content (AvgIpc) is 2.88. The predicted molar refractivity (Wildman–Crippen MR) is 48.0 cm³/mol. The van der Waals surface area contributed by atoms with Crippen LogP contribution >= 0.6 is 0 Å². The molecule has 3 N–H and O–H groups in total. The van der Waals surface area contributed by atoms with Gasteiger partial charge >= 0.3 is 0 Å². The predicted octanol–water partition coefficient (Wildman–Crippen LogP) is -0.641. The molecule has 1 atom stereocenters.